The van der Waals surface area contributed by atoms with E-state index in [1.165, 1.54) is 444 Å². The summed E-state index contributed by atoms with van der Waals surface area (Å²) in [5, 5.41) is 36.2. The first-order valence-corrected chi connectivity index (χ1v) is 40.4. The fourth-order valence-electron chi connectivity index (χ4n) is 13.7. The predicted molar refractivity (Wildman–Crippen MR) is 387 cm³/mol. The standard InChI is InChI=1S/C15H30O2.4C15H30.C7H8O4/c16-15(17)13-11-9-7-5-3-1-2-4-6-8-10-12-14-15;4*1-2-4-6-8-10-12-14-15-13-11-9-7-5-3-1;1-4(6(8)9)3-5(2)7(10)11/h16-17H,1-14H2;4*1-15H2;3H,1H2,2H3,(H,8,9)(H,10,11). The number of aliphatic carboxylic acids is 2. The smallest absolute Gasteiger partial charge is 0.335 e. The Morgan fingerprint density at radius 2 is 0.330 bits per heavy atom. The second-order valence-electron chi connectivity index (χ2n) is 28.9. The number of rotatable bonds is 3. The zero-order valence-electron chi connectivity index (χ0n) is 59.7. The summed E-state index contributed by atoms with van der Waals surface area (Å²) < 4.78 is 0. The third-order valence-corrected chi connectivity index (χ3v) is 19.9. The molecule has 5 saturated carbocycles. The molecule has 522 valence electrons. The number of hydrogen-bond donors (Lipinski definition) is 4. The van der Waals surface area contributed by atoms with E-state index in [4.69, 9.17) is 10.2 Å². The van der Waals surface area contributed by atoms with Crippen LogP contribution in [0.15, 0.2) is 23.8 Å². The molecule has 0 bridgehead atoms. The summed E-state index contributed by atoms with van der Waals surface area (Å²) in [7, 11) is 0. The molecular weight excluding hydrogens is 1080 g/mol. The second kappa shape index (κ2) is 72.8. The molecule has 0 spiro atoms. The number of carboxylic acid groups (broad SMARTS) is 2. The second-order valence-corrected chi connectivity index (χ2v) is 28.9. The zero-order chi connectivity index (χ0) is 63.8. The van der Waals surface area contributed by atoms with Gasteiger partial charge in [-0.2, -0.15) is 0 Å². The Morgan fingerprint density at radius 1 is 0.227 bits per heavy atom. The van der Waals surface area contributed by atoms with Crippen LogP contribution in [0, 0.1) is 0 Å². The lowest BCUT2D eigenvalue weighted by atomic mass is 10.00. The van der Waals surface area contributed by atoms with Crippen LogP contribution in [0.2, 0.25) is 0 Å². The maximum Gasteiger partial charge on any atom is 0.335 e. The van der Waals surface area contributed by atoms with Crippen LogP contribution in [0.5, 0.6) is 0 Å². The average molecular weight is 1240 g/mol. The van der Waals surface area contributed by atoms with E-state index >= 15 is 0 Å². The van der Waals surface area contributed by atoms with Gasteiger partial charge in [0.05, 0.1) is 5.57 Å². The van der Waals surface area contributed by atoms with Crippen molar-refractivity contribution in [1.82, 2.24) is 0 Å². The molecule has 0 unspecified atom stereocenters. The minimum atomic E-state index is -1.39. The lowest BCUT2D eigenvalue weighted by Gasteiger charge is -2.21. The molecule has 6 nitrogen and oxygen atoms in total. The van der Waals surface area contributed by atoms with Crippen LogP contribution < -0.4 is 0 Å². The van der Waals surface area contributed by atoms with Gasteiger partial charge in [0.1, 0.15) is 0 Å². The van der Waals surface area contributed by atoms with Crippen LogP contribution in [-0.2, 0) is 9.59 Å². The van der Waals surface area contributed by atoms with Gasteiger partial charge in [-0.05, 0) is 25.8 Å². The topological polar surface area (TPSA) is 115 Å². The quantitative estimate of drug-likeness (QED) is 0.127. The van der Waals surface area contributed by atoms with Crippen LogP contribution >= 0.6 is 0 Å². The molecular formula is C82H158O6. The van der Waals surface area contributed by atoms with Gasteiger partial charge in [-0.3, -0.25) is 0 Å². The summed E-state index contributed by atoms with van der Waals surface area (Å²) in [6, 6.07) is 0. The van der Waals surface area contributed by atoms with Crippen molar-refractivity contribution in [2.24, 2.45) is 0 Å². The summed E-state index contributed by atoms with van der Waals surface area (Å²) in [5.41, 5.74) is -0.276. The van der Waals surface area contributed by atoms with E-state index in [1.54, 1.807) is 0 Å². The van der Waals surface area contributed by atoms with Crippen LogP contribution in [0.1, 0.15) is 482 Å². The Balaban J connectivity index is 0.00000104. The highest BCUT2D eigenvalue weighted by Crippen LogP contribution is 2.24. The number of carbonyl (C=O) groups is 2. The van der Waals surface area contributed by atoms with Gasteiger partial charge < -0.3 is 20.4 Å². The third kappa shape index (κ3) is 73.4. The average Bonchev–Trinajstić information content (AvgIpc) is 3.57. The number of hydrogen-bond acceptors (Lipinski definition) is 4. The van der Waals surface area contributed by atoms with E-state index in [0.717, 1.165) is 31.8 Å². The summed E-state index contributed by atoms with van der Waals surface area (Å²) in [6.45, 7) is 4.44. The van der Waals surface area contributed by atoms with Gasteiger partial charge in [0.2, 0.25) is 0 Å². The summed E-state index contributed by atoms with van der Waals surface area (Å²) >= 11 is 0. The van der Waals surface area contributed by atoms with Crippen molar-refractivity contribution in [3.63, 3.8) is 0 Å². The molecule has 0 aliphatic heterocycles. The van der Waals surface area contributed by atoms with Crippen molar-refractivity contribution in [3.8, 4) is 0 Å². The van der Waals surface area contributed by atoms with Crippen molar-refractivity contribution < 1.29 is 30.0 Å². The lowest BCUT2D eigenvalue weighted by molar-refractivity contribution is -0.172. The molecule has 5 fully saturated rings. The highest BCUT2D eigenvalue weighted by atomic mass is 16.5. The van der Waals surface area contributed by atoms with Gasteiger partial charge in [-0.15, -0.1) is 0 Å². The van der Waals surface area contributed by atoms with Gasteiger partial charge >= 0.3 is 11.9 Å². The van der Waals surface area contributed by atoms with Crippen LogP contribution in [0.25, 0.3) is 0 Å². The van der Waals surface area contributed by atoms with E-state index in [-0.39, 0.29) is 11.1 Å². The summed E-state index contributed by atoms with van der Waals surface area (Å²) in [4.78, 5) is 20.3. The zero-order valence-corrected chi connectivity index (χ0v) is 59.7. The highest BCUT2D eigenvalue weighted by Gasteiger charge is 2.21. The first kappa shape index (κ1) is 86.3. The molecule has 0 atom stereocenters. The Morgan fingerprint density at radius 3 is 0.420 bits per heavy atom. The molecule has 6 heteroatoms. The van der Waals surface area contributed by atoms with E-state index in [0.29, 0.717) is 12.8 Å². The summed E-state index contributed by atoms with van der Waals surface area (Å²) in [6.07, 6.45) is 107. The van der Waals surface area contributed by atoms with Gasteiger partial charge in [0.25, 0.3) is 0 Å². The molecule has 4 N–H and O–H groups in total. The summed E-state index contributed by atoms with van der Waals surface area (Å²) in [5.74, 6) is -3.75. The fourth-order valence-corrected chi connectivity index (χ4v) is 13.7. The third-order valence-electron chi connectivity index (χ3n) is 19.9. The first-order valence-electron chi connectivity index (χ1n) is 40.4. The van der Waals surface area contributed by atoms with Gasteiger partial charge in [0, 0.05) is 18.4 Å². The molecule has 0 saturated heterocycles. The van der Waals surface area contributed by atoms with E-state index in [2.05, 4.69) is 6.58 Å². The lowest BCUT2D eigenvalue weighted by Crippen LogP contribution is -2.27. The molecule has 0 aromatic heterocycles. The molecule has 0 aromatic carbocycles. The van der Waals surface area contributed by atoms with Gasteiger partial charge in [-0.25, -0.2) is 9.59 Å². The van der Waals surface area contributed by atoms with Gasteiger partial charge in [0.15, 0.2) is 5.79 Å². The Bertz CT molecular complexity index is 1060. The van der Waals surface area contributed by atoms with Crippen LogP contribution in [-0.4, -0.2) is 38.2 Å². The molecule has 88 heavy (non-hydrogen) atoms. The molecule has 0 radical (unpaired) electrons. The SMILES string of the molecule is C1CCCCCCCCCCCCCC1.C1CCCCCCCCCCCCCC1.C1CCCCCCCCCCCCCC1.C1CCCCCCCCCCCCCC1.C=C(C=C(C)C(=O)O)C(=O)O.OC1(O)CCCCCCCCCCCCCC1. The monoisotopic (exact) mass is 1240 g/mol. The van der Waals surface area contributed by atoms with E-state index < -0.39 is 17.7 Å². The Hall–Kier alpha value is -1.66. The molecule has 0 aromatic rings. The largest absolute Gasteiger partial charge is 0.478 e. The van der Waals surface area contributed by atoms with Crippen LogP contribution in [0.3, 0.4) is 0 Å². The van der Waals surface area contributed by atoms with E-state index in [1.807, 2.05) is 0 Å². The first-order chi connectivity index (χ1) is 43.2. The van der Waals surface area contributed by atoms with Crippen molar-refractivity contribution >= 4 is 11.9 Å². The van der Waals surface area contributed by atoms with Crippen molar-refractivity contribution in [3.05, 3.63) is 23.8 Å². The van der Waals surface area contributed by atoms with Crippen molar-refractivity contribution in [2.75, 3.05) is 0 Å². The fraction of sp³-hybridized carbons (Fsp3) is 0.927. The number of carboxylic acids is 2. The molecule has 0 amide bonds. The van der Waals surface area contributed by atoms with Gasteiger partial charge in [-0.1, -0.05) is 456 Å². The normalized spacial score (nSPS) is 22.7. The molecule has 0 heterocycles. The Kier molecular flexibility index (Phi) is 71.4. The molecule has 5 rings (SSSR count). The minimum Gasteiger partial charge on any atom is -0.478 e. The van der Waals surface area contributed by atoms with Crippen LogP contribution in [0.4, 0.5) is 0 Å². The van der Waals surface area contributed by atoms with Crippen molar-refractivity contribution in [1.29, 1.82) is 0 Å². The van der Waals surface area contributed by atoms with E-state index in [9.17, 15) is 19.8 Å². The predicted octanol–water partition coefficient (Wildman–Crippen LogP) is 28.2. The molecule has 5 aliphatic rings. The Labute approximate surface area is 550 Å². The molecule has 5 aliphatic carbocycles. The van der Waals surface area contributed by atoms with Crippen molar-refractivity contribution in [2.45, 2.75) is 488 Å². The maximum absolute atomic E-state index is 10.2. The maximum atomic E-state index is 10.2. The minimum absolute atomic E-state index is 0.0441. The number of aliphatic hydroxyl groups is 2. The highest BCUT2D eigenvalue weighted by molar-refractivity contribution is 5.93.